The van der Waals surface area contributed by atoms with Crippen molar-refractivity contribution in [2.45, 2.75) is 25.6 Å². The molecule has 1 aromatic carbocycles. The van der Waals surface area contributed by atoms with Gasteiger partial charge in [-0.3, -0.25) is 14.9 Å². The van der Waals surface area contributed by atoms with E-state index in [1.54, 1.807) is 4.31 Å². The lowest BCUT2D eigenvalue weighted by Gasteiger charge is -2.41. The van der Waals surface area contributed by atoms with Crippen LogP contribution >= 0.6 is 11.3 Å². The van der Waals surface area contributed by atoms with Crippen LogP contribution in [0.3, 0.4) is 0 Å². The average molecular weight is 544 g/mol. The van der Waals surface area contributed by atoms with Crippen LogP contribution in [-0.4, -0.2) is 104 Å². The Balaban J connectivity index is 1.26. The summed E-state index contributed by atoms with van der Waals surface area (Å²) in [5.41, 5.74) is 3.14. The number of aliphatic imine (C=N–C) groups is 1. The van der Waals surface area contributed by atoms with E-state index in [0.717, 1.165) is 68.1 Å². The molecule has 0 aliphatic carbocycles. The molecule has 0 spiro atoms. The predicted molar refractivity (Wildman–Crippen MR) is 147 cm³/mol. The Hall–Kier alpha value is -2.35. The Bertz CT molecular complexity index is 1390. The molecule has 0 bridgehead atoms. The van der Waals surface area contributed by atoms with E-state index >= 15 is 0 Å². The normalized spacial score (nSPS) is 23.0. The fourth-order valence-corrected chi connectivity index (χ4v) is 7.77. The van der Waals surface area contributed by atoms with Gasteiger partial charge in [0.1, 0.15) is 6.17 Å². The number of aromatic nitrogens is 2. The minimum Gasteiger partial charge on any atom is -0.379 e. The van der Waals surface area contributed by atoms with Crippen molar-refractivity contribution >= 4 is 50.0 Å². The molecule has 10 nitrogen and oxygen atoms in total. The topological polar surface area (TPSA) is 97.4 Å². The minimum absolute atomic E-state index is 0.0456. The average Bonchev–Trinajstić information content (AvgIpc) is 3.55. The highest BCUT2D eigenvalue weighted by Gasteiger charge is 2.35. The molecule has 2 unspecified atom stereocenters. The number of sulfonamides is 1. The van der Waals surface area contributed by atoms with Crippen LogP contribution < -0.4 is 4.90 Å². The maximum atomic E-state index is 11.9. The van der Waals surface area contributed by atoms with Gasteiger partial charge in [0.05, 0.1) is 53.8 Å². The van der Waals surface area contributed by atoms with Crippen molar-refractivity contribution in [2.75, 3.05) is 63.6 Å². The van der Waals surface area contributed by atoms with Crippen molar-refractivity contribution in [1.29, 1.82) is 0 Å². The lowest BCUT2D eigenvalue weighted by molar-refractivity contribution is 0.0187. The van der Waals surface area contributed by atoms with Crippen molar-refractivity contribution in [3.05, 3.63) is 40.2 Å². The second-order valence-corrected chi connectivity index (χ2v) is 13.1. The molecule has 12 heteroatoms. The zero-order valence-electron chi connectivity index (χ0n) is 21.2. The first-order valence-corrected chi connectivity index (χ1v) is 15.4. The molecular weight excluding hydrogens is 510 g/mol. The number of rotatable bonds is 6. The number of ether oxygens (including phenoxy) is 1. The summed E-state index contributed by atoms with van der Waals surface area (Å²) in [7, 11) is -3.12. The van der Waals surface area contributed by atoms with Crippen molar-refractivity contribution in [1.82, 2.24) is 24.3 Å². The van der Waals surface area contributed by atoms with Crippen LogP contribution in [0.1, 0.15) is 22.8 Å². The highest BCUT2D eigenvalue weighted by molar-refractivity contribution is 7.88. The highest BCUT2D eigenvalue weighted by Crippen LogP contribution is 2.45. The molecule has 3 aliphatic rings. The predicted octanol–water partition coefficient (Wildman–Crippen LogP) is 2.64. The number of thiophene rings is 1. The zero-order valence-corrected chi connectivity index (χ0v) is 22.8. The third-order valence-corrected chi connectivity index (χ3v) is 10.1. The molecule has 3 aromatic rings. The molecule has 2 saturated heterocycles. The summed E-state index contributed by atoms with van der Waals surface area (Å²) in [6.07, 6.45) is 6.11. The van der Waals surface area contributed by atoms with Crippen molar-refractivity contribution < 1.29 is 13.2 Å². The van der Waals surface area contributed by atoms with Crippen LogP contribution in [0.15, 0.2) is 35.5 Å². The van der Waals surface area contributed by atoms with Gasteiger partial charge < -0.3 is 9.64 Å². The van der Waals surface area contributed by atoms with Gasteiger partial charge in [-0.05, 0) is 31.5 Å². The summed E-state index contributed by atoms with van der Waals surface area (Å²) in [6, 6.07) is 8.80. The number of morpholine rings is 1. The first-order valence-electron chi connectivity index (χ1n) is 12.8. The van der Waals surface area contributed by atoms with Gasteiger partial charge in [0.15, 0.2) is 0 Å². The summed E-state index contributed by atoms with van der Waals surface area (Å²) in [4.78, 5) is 14.6. The molecule has 2 atom stereocenters. The Labute approximate surface area is 221 Å². The quantitative estimate of drug-likeness (QED) is 0.511. The van der Waals surface area contributed by atoms with Gasteiger partial charge in [0.2, 0.25) is 10.0 Å². The van der Waals surface area contributed by atoms with E-state index in [1.165, 1.54) is 16.0 Å². The van der Waals surface area contributed by atoms with Crippen LogP contribution in [0.5, 0.6) is 0 Å². The first kappa shape index (κ1) is 25.0. The number of H-pyrrole nitrogens is 1. The smallest absolute Gasteiger partial charge is 0.211 e. The number of anilines is 1. The zero-order chi connectivity index (χ0) is 25.6. The van der Waals surface area contributed by atoms with Gasteiger partial charge in [-0.1, -0.05) is 6.07 Å². The molecule has 37 heavy (non-hydrogen) atoms. The van der Waals surface area contributed by atoms with Gasteiger partial charge in [0, 0.05) is 55.6 Å². The highest BCUT2D eigenvalue weighted by atomic mass is 32.2. The number of aromatic amines is 1. The molecule has 0 amide bonds. The maximum Gasteiger partial charge on any atom is 0.211 e. The Kier molecular flexibility index (Phi) is 6.80. The molecule has 3 aliphatic heterocycles. The van der Waals surface area contributed by atoms with Gasteiger partial charge in [-0.15, -0.1) is 11.3 Å². The molecule has 6 rings (SSSR count). The molecule has 1 N–H and O–H groups in total. The minimum atomic E-state index is -3.12. The lowest BCUT2D eigenvalue weighted by atomic mass is 10.1. The van der Waals surface area contributed by atoms with Gasteiger partial charge in [-0.2, -0.15) is 9.40 Å². The Morgan fingerprint density at radius 3 is 2.70 bits per heavy atom. The lowest BCUT2D eigenvalue weighted by Crippen LogP contribution is -2.51. The van der Waals surface area contributed by atoms with Crippen molar-refractivity contribution in [2.24, 2.45) is 4.99 Å². The Morgan fingerprint density at radius 1 is 1.16 bits per heavy atom. The monoisotopic (exact) mass is 543 g/mol. The summed E-state index contributed by atoms with van der Waals surface area (Å²) in [6.45, 7) is 8.05. The maximum absolute atomic E-state index is 11.9. The van der Waals surface area contributed by atoms with Gasteiger partial charge >= 0.3 is 0 Å². The van der Waals surface area contributed by atoms with Crippen LogP contribution in [-0.2, 0) is 21.2 Å². The van der Waals surface area contributed by atoms with E-state index in [0.29, 0.717) is 19.1 Å². The van der Waals surface area contributed by atoms with Crippen LogP contribution in [0.2, 0.25) is 0 Å². The second-order valence-electron chi connectivity index (χ2n) is 10.00. The Morgan fingerprint density at radius 2 is 1.95 bits per heavy atom. The van der Waals surface area contributed by atoms with Crippen LogP contribution in [0.25, 0.3) is 10.9 Å². The molecule has 0 saturated carbocycles. The number of nitrogens with one attached hydrogen (secondary N) is 1. The van der Waals surface area contributed by atoms with Crippen molar-refractivity contribution in [3.8, 4) is 0 Å². The number of fused-ring (bicyclic) bond motifs is 2. The van der Waals surface area contributed by atoms with Crippen LogP contribution in [0.4, 0.5) is 11.4 Å². The van der Waals surface area contributed by atoms with E-state index in [9.17, 15) is 8.42 Å². The molecule has 198 valence electrons. The number of hydrogen-bond acceptors (Lipinski definition) is 9. The number of hydrogen-bond donors (Lipinski definition) is 1. The fourth-order valence-electron chi connectivity index (χ4n) is 5.58. The molecule has 0 radical (unpaired) electrons. The number of piperazine rings is 1. The van der Waals surface area contributed by atoms with E-state index in [1.807, 2.05) is 29.9 Å². The largest absolute Gasteiger partial charge is 0.379 e. The second kappa shape index (κ2) is 10.1. The van der Waals surface area contributed by atoms with Crippen molar-refractivity contribution in [3.63, 3.8) is 0 Å². The van der Waals surface area contributed by atoms with E-state index in [2.05, 4.69) is 50.0 Å². The third kappa shape index (κ3) is 4.93. The first-order chi connectivity index (χ1) is 17.9. The summed E-state index contributed by atoms with van der Waals surface area (Å²) >= 11 is 1.85. The van der Waals surface area contributed by atoms with Crippen LogP contribution in [0, 0.1) is 0 Å². The van der Waals surface area contributed by atoms with E-state index in [4.69, 9.17) is 9.73 Å². The molecule has 5 heterocycles. The van der Waals surface area contributed by atoms with E-state index < -0.39 is 10.0 Å². The third-order valence-electron chi connectivity index (χ3n) is 7.60. The summed E-state index contributed by atoms with van der Waals surface area (Å²) < 4.78 is 31.0. The number of benzene rings is 1. The van der Waals surface area contributed by atoms with E-state index in [-0.39, 0.29) is 6.17 Å². The standard InChI is InChI=1S/C25H33N7O3S2/c1-18(29-6-8-31(9-7-29)37(2,33)34)14-19-15-22-24(36-19)25(30-10-12-35-13-11-30)32(17-26-22)23-5-3-4-21-20(23)16-27-28-21/h3-5,15-18,25H,6-14H2,1-2H3,(H,27,28). The molecule has 2 fully saturated rings. The summed E-state index contributed by atoms with van der Waals surface area (Å²) in [5.74, 6) is 0. The molecule has 2 aromatic heterocycles. The number of nitrogens with zero attached hydrogens (tertiary/aromatic N) is 6. The summed E-state index contributed by atoms with van der Waals surface area (Å²) in [5, 5.41) is 8.43. The SMILES string of the molecule is CC(Cc1cc2c(s1)C(N1CCOCC1)N(c1cccc3[nH]ncc13)C=N2)N1CCN(S(C)(=O)=O)CC1. The van der Waals surface area contributed by atoms with Gasteiger partial charge in [0.25, 0.3) is 0 Å². The fraction of sp³-hybridized carbons (Fsp3) is 0.520. The molecular formula is C25H33N7O3S2. The van der Waals surface area contributed by atoms with Gasteiger partial charge in [-0.25, -0.2) is 13.4 Å².